The lowest BCUT2D eigenvalue weighted by Crippen LogP contribution is -2.20. The third kappa shape index (κ3) is 5.87. The molecule has 35 heavy (non-hydrogen) atoms. The third-order valence-electron chi connectivity index (χ3n) is 6.26. The van der Waals surface area contributed by atoms with Crippen LogP contribution in [-0.4, -0.2) is 35.6 Å². The van der Waals surface area contributed by atoms with Crippen molar-refractivity contribution in [2.75, 3.05) is 19.7 Å². The van der Waals surface area contributed by atoms with Crippen LogP contribution in [0.25, 0.3) is 11.5 Å². The van der Waals surface area contributed by atoms with Crippen molar-refractivity contribution in [2.24, 2.45) is 4.99 Å². The lowest BCUT2D eigenvalue weighted by molar-refractivity contribution is 0.318. The van der Waals surface area contributed by atoms with Gasteiger partial charge in [0.1, 0.15) is 23.6 Å². The van der Waals surface area contributed by atoms with Gasteiger partial charge in [-0.3, -0.25) is 4.99 Å². The number of hydrogen-bond donors (Lipinski definition) is 2. The van der Waals surface area contributed by atoms with Crippen LogP contribution in [0.4, 0.5) is 0 Å². The van der Waals surface area contributed by atoms with Gasteiger partial charge in [-0.1, -0.05) is 65.8 Å². The Balaban J connectivity index is 1.50. The molecule has 4 rings (SSSR count). The number of hydrogen-bond acceptors (Lipinski definition) is 6. The van der Waals surface area contributed by atoms with Crippen LogP contribution in [0, 0.1) is 0 Å². The molecule has 1 aliphatic heterocycles. The van der Waals surface area contributed by atoms with Crippen molar-refractivity contribution in [1.82, 2.24) is 10.3 Å². The fraction of sp³-hybridized carbons (Fsp3) is 0.448. The normalized spacial score (nSPS) is 14.1. The predicted molar refractivity (Wildman–Crippen MR) is 141 cm³/mol. The van der Waals surface area contributed by atoms with E-state index in [1.54, 1.807) is 6.26 Å². The fourth-order valence-electron chi connectivity index (χ4n) is 4.15. The minimum Gasteiger partial charge on any atom is -0.507 e. The molecule has 6 nitrogen and oxygen atoms in total. The Hall–Kier alpha value is -3.28. The van der Waals surface area contributed by atoms with E-state index in [0.717, 1.165) is 53.5 Å². The molecule has 2 heterocycles. The van der Waals surface area contributed by atoms with E-state index in [1.165, 1.54) is 0 Å². The van der Waals surface area contributed by atoms with Crippen molar-refractivity contribution in [3.63, 3.8) is 0 Å². The monoisotopic (exact) mass is 475 g/mol. The number of amidine groups is 1. The number of phenolic OH excluding ortho intramolecular Hbond substituents is 1. The predicted octanol–water partition coefficient (Wildman–Crippen LogP) is 5.81. The molecule has 0 bridgehead atoms. The SMILES string of the molecule is CC(C)(C)c1cc(-c2nc(CCOc3ccccc3CC3=NCCN3)co2)c(O)c(C(C)(C)C)c1. The summed E-state index contributed by atoms with van der Waals surface area (Å²) in [5.74, 6) is 2.53. The van der Waals surface area contributed by atoms with Crippen LogP contribution in [0.1, 0.15) is 63.9 Å². The number of ether oxygens (including phenoxy) is 1. The zero-order valence-electron chi connectivity index (χ0n) is 21.7. The van der Waals surface area contributed by atoms with Gasteiger partial charge >= 0.3 is 0 Å². The number of nitrogens with zero attached hydrogens (tertiary/aromatic N) is 2. The Morgan fingerprint density at radius 1 is 1.06 bits per heavy atom. The van der Waals surface area contributed by atoms with E-state index in [2.05, 4.69) is 69.0 Å². The Kier molecular flexibility index (Phi) is 6.93. The average molecular weight is 476 g/mol. The van der Waals surface area contributed by atoms with Crippen molar-refractivity contribution in [3.8, 4) is 23.0 Å². The third-order valence-corrected chi connectivity index (χ3v) is 6.26. The molecular weight excluding hydrogens is 438 g/mol. The van der Waals surface area contributed by atoms with E-state index >= 15 is 0 Å². The molecule has 0 amide bonds. The van der Waals surface area contributed by atoms with E-state index in [1.807, 2.05) is 24.3 Å². The summed E-state index contributed by atoms with van der Waals surface area (Å²) >= 11 is 0. The first-order valence-corrected chi connectivity index (χ1v) is 12.3. The van der Waals surface area contributed by atoms with Crippen molar-refractivity contribution in [3.05, 3.63) is 65.0 Å². The summed E-state index contributed by atoms with van der Waals surface area (Å²) in [5.41, 5.74) is 4.27. The maximum atomic E-state index is 11.1. The van der Waals surface area contributed by atoms with Crippen LogP contribution in [0.2, 0.25) is 0 Å². The quantitative estimate of drug-likeness (QED) is 0.451. The zero-order chi connectivity index (χ0) is 25.2. The fourth-order valence-corrected chi connectivity index (χ4v) is 4.15. The second kappa shape index (κ2) is 9.76. The smallest absolute Gasteiger partial charge is 0.229 e. The second-order valence-electron chi connectivity index (χ2n) is 11.2. The Labute approximate surface area is 208 Å². The van der Waals surface area contributed by atoms with Crippen LogP contribution >= 0.6 is 0 Å². The van der Waals surface area contributed by atoms with Crippen molar-refractivity contribution >= 4 is 5.84 Å². The Bertz CT molecular complexity index is 1210. The molecule has 186 valence electrons. The number of aliphatic imine (C=N–C) groups is 1. The van der Waals surface area contributed by atoms with Crippen LogP contribution < -0.4 is 10.1 Å². The summed E-state index contributed by atoms with van der Waals surface area (Å²) in [7, 11) is 0. The molecule has 2 aromatic carbocycles. The maximum Gasteiger partial charge on any atom is 0.229 e. The minimum absolute atomic E-state index is 0.0707. The standard InChI is InChI=1S/C29H37N3O3/c1-28(2,3)20-16-22(26(33)23(17-20)29(4,5)6)27-32-21(18-35-27)11-14-34-24-10-8-7-9-19(24)15-25-30-12-13-31-25/h7-10,16-18,33H,11-15H2,1-6H3,(H,30,31). The lowest BCUT2D eigenvalue weighted by Gasteiger charge is -2.27. The first-order valence-electron chi connectivity index (χ1n) is 12.3. The van der Waals surface area contributed by atoms with Crippen LogP contribution in [0.5, 0.6) is 11.5 Å². The van der Waals surface area contributed by atoms with Gasteiger partial charge in [-0.15, -0.1) is 0 Å². The average Bonchev–Trinajstić information content (AvgIpc) is 3.46. The molecule has 1 aromatic heterocycles. The molecule has 0 fully saturated rings. The van der Waals surface area contributed by atoms with Gasteiger partial charge in [0.15, 0.2) is 0 Å². The number of para-hydroxylation sites is 1. The van der Waals surface area contributed by atoms with Gasteiger partial charge in [0.2, 0.25) is 5.89 Å². The number of aromatic nitrogens is 1. The summed E-state index contributed by atoms with van der Waals surface area (Å²) in [5, 5.41) is 14.4. The molecular formula is C29H37N3O3. The van der Waals surface area contributed by atoms with E-state index < -0.39 is 0 Å². The van der Waals surface area contributed by atoms with Crippen LogP contribution in [0.3, 0.4) is 0 Å². The molecule has 0 spiro atoms. The topological polar surface area (TPSA) is 79.9 Å². The van der Waals surface area contributed by atoms with Gasteiger partial charge in [0, 0.05) is 30.5 Å². The molecule has 0 saturated carbocycles. The van der Waals surface area contributed by atoms with Crippen molar-refractivity contribution in [2.45, 2.75) is 65.2 Å². The van der Waals surface area contributed by atoms with Gasteiger partial charge in [0.05, 0.1) is 24.4 Å². The van der Waals surface area contributed by atoms with Gasteiger partial charge in [-0.25, -0.2) is 4.98 Å². The van der Waals surface area contributed by atoms with Crippen LogP contribution in [0.15, 0.2) is 52.1 Å². The van der Waals surface area contributed by atoms with Crippen molar-refractivity contribution < 1.29 is 14.3 Å². The number of nitrogens with one attached hydrogen (secondary N) is 1. The highest BCUT2D eigenvalue weighted by molar-refractivity contribution is 5.86. The highest BCUT2D eigenvalue weighted by Gasteiger charge is 2.27. The van der Waals surface area contributed by atoms with E-state index in [0.29, 0.717) is 24.5 Å². The summed E-state index contributed by atoms with van der Waals surface area (Å²) in [6.07, 6.45) is 2.99. The summed E-state index contributed by atoms with van der Waals surface area (Å²) in [4.78, 5) is 9.18. The Morgan fingerprint density at radius 3 is 2.51 bits per heavy atom. The molecule has 0 radical (unpaired) electrons. The highest BCUT2D eigenvalue weighted by atomic mass is 16.5. The van der Waals surface area contributed by atoms with Crippen molar-refractivity contribution in [1.29, 1.82) is 0 Å². The first-order chi connectivity index (χ1) is 16.5. The minimum atomic E-state index is -0.212. The molecule has 1 aliphatic rings. The number of rotatable bonds is 7. The summed E-state index contributed by atoms with van der Waals surface area (Å²) in [6.45, 7) is 15.0. The highest BCUT2D eigenvalue weighted by Crippen LogP contribution is 2.41. The maximum absolute atomic E-state index is 11.1. The number of benzene rings is 2. The van der Waals surface area contributed by atoms with E-state index in [9.17, 15) is 5.11 Å². The molecule has 2 N–H and O–H groups in total. The van der Waals surface area contributed by atoms with Gasteiger partial charge in [-0.05, 0) is 28.5 Å². The molecule has 6 heteroatoms. The summed E-state index contributed by atoms with van der Waals surface area (Å²) < 4.78 is 11.9. The van der Waals surface area contributed by atoms with Crippen LogP contribution in [-0.2, 0) is 23.7 Å². The second-order valence-corrected chi connectivity index (χ2v) is 11.2. The molecule has 0 aliphatic carbocycles. The lowest BCUT2D eigenvalue weighted by atomic mass is 9.79. The van der Waals surface area contributed by atoms with E-state index in [-0.39, 0.29) is 16.6 Å². The van der Waals surface area contributed by atoms with Gasteiger partial charge in [0.25, 0.3) is 0 Å². The molecule has 3 aromatic rings. The molecule has 0 unspecified atom stereocenters. The Morgan fingerprint density at radius 2 is 1.83 bits per heavy atom. The number of phenols is 1. The van der Waals surface area contributed by atoms with Gasteiger partial charge in [-0.2, -0.15) is 0 Å². The van der Waals surface area contributed by atoms with E-state index in [4.69, 9.17) is 9.15 Å². The molecule has 0 saturated heterocycles. The largest absolute Gasteiger partial charge is 0.507 e. The van der Waals surface area contributed by atoms with Gasteiger partial charge < -0.3 is 19.6 Å². The molecule has 0 atom stereocenters. The number of aromatic hydroxyl groups is 1. The number of oxazole rings is 1. The zero-order valence-corrected chi connectivity index (χ0v) is 21.7. The first kappa shape index (κ1) is 24.8. The summed E-state index contributed by atoms with van der Waals surface area (Å²) in [6, 6.07) is 12.2.